The summed E-state index contributed by atoms with van der Waals surface area (Å²) in [6.45, 7) is 2.48. The molecule has 0 spiro atoms. The van der Waals surface area contributed by atoms with Crippen molar-refractivity contribution in [3.8, 4) is 5.75 Å². The molecule has 0 saturated carbocycles. The van der Waals surface area contributed by atoms with Gasteiger partial charge >= 0.3 is 0 Å². The second-order valence-electron chi connectivity index (χ2n) is 4.65. The Balaban J connectivity index is 1.93. The third-order valence-electron chi connectivity index (χ3n) is 3.31. The largest absolute Gasteiger partial charge is 0.508 e. The number of amides is 1. The van der Waals surface area contributed by atoms with Crippen LogP contribution in [0, 0.1) is 6.92 Å². The number of phenolic OH excluding ortho intramolecular Hbond substituents is 1. The van der Waals surface area contributed by atoms with Gasteiger partial charge in [0, 0.05) is 22.9 Å². The third kappa shape index (κ3) is 3.19. The van der Waals surface area contributed by atoms with Crippen molar-refractivity contribution in [2.75, 3.05) is 12.3 Å². The molecule has 1 fully saturated rings. The number of thioether (sulfide) groups is 1. The molecular weight excluding hydrogens is 246 g/mol. The quantitative estimate of drug-likeness (QED) is 0.883. The van der Waals surface area contributed by atoms with Crippen molar-refractivity contribution in [2.24, 2.45) is 0 Å². The smallest absolute Gasteiger partial charge is 0.251 e. The van der Waals surface area contributed by atoms with E-state index >= 15 is 0 Å². The normalized spacial score (nSPS) is 19.5. The van der Waals surface area contributed by atoms with Crippen molar-refractivity contribution in [3.05, 3.63) is 29.3 Å². The molecule has 1 aromatic carbocycles. The molecule has 18 heavy (non-hydrogen) atoms. The Kier molecular flexibility index (Phi) is 4.53. The zero-order chi connectivity index (χ0) is 13.0. The van der Waals surface area contributed by atoms with E-state index in [4.69, 9.17) is 0 Å². The Bertz CT molecular complexity index is 428. The van der Waals surface area contributed by atoms with Gasteiger partial charge in [-0.25, -0.2) is 0 Å². The highest BCUT2D eigenvalue weighted by atomic mass is 32.2. The summed E-state index contributed by atoms with van der Waals surface area (Å²) in [5.74, 6) is 1.29. The molecule has 1 aliphatic rings. The fourth-order valence-electron chi connectivity index (χ4n) is 2.14. The molecule has 1 heterocycles. The summed E-state index contributed by atoms with van der Waals surface area (Å²) >= 11 is 1.94. The molecule has 3 nitrogen and oxygen atoms in total. The molecule has 4 heteroatoms. The molecule has 0 radical (unpaired) electrons. The lowest BCUT2D eigenvalue weighted by atomic mass is 10.1. The molecule has 2 N–H and O–H groups in total. The molecule has 2 rings (SSSR count). The second kappa shape index (κ2) is 6.14. The van der Waals surface area contributed by atoms with Gasteiger partial charge in [-0.2, -0.15) is 11.8 Å². The number of hydrogen-bond donors (Lipinski definition) is 2. The van der Waals surface area contributed by atoms with E-state index in [1.807, 2.05) is 11.8 Å². The van der Waals surface area contributed by atoms with Gasteiger partial charge in [0.2, 0.25) is 0 Å². The zero-order valence-electron chi connectivity index (χ0n) is 10.6. The van der Waals surface area contributed by atoms with Gasteiger partial charge in [0.1, 0.15) is 5.75 Å². The SMILES string of the molecule is Cc1c(O)cccc1C(=O)NCC1CCCCS1. The molecule has 98 valence electrons. The Hall–Kier alpha value is -1.16. The van der Waals surface area contributed by atoms with E-state index in [0.29, 0.717) is 16.4 Å². The number of carbonyl (C=O) groups is 1. The number of rotatable bonds is 3. The van der Waals surface area contributed by atoms with Crippen molar-refractivity contribution in [2.45, 2.75) is 31.4 Å². The van der Waals surface area contributed by atoms with Gasteiger partial charge in [-0.05, 0) is 37.7 Å². The summed E-state index contributed by atoms with van der Waals surface area (Å²) in [7, 11) is 0. The molecule has 1 unspecified atom stereocenters. The maximum absolute atomic E-state index is 12.0. The summed E-state index contributed by atoms with van der Waals surface area (Å²) in [6, 6.07) is 5.05. The zero-order valence-corrected chi connectivity index (χ0v) is 11.4. The highest BCUT2D eigenvalue weighted by molar-refractivity contribution is 7.99. The molecule has 1 aromatic rings. The average Bonchev–Trinajstić information content (AvgIpc) is 2.40. The minimum absolute atomic E-state index is 0.0884. The van der Waals surface area contributed by atoms with Crippen LogP contribution in [0.3, 0.4) is 0 Å². The lowest BCUT2D eigenvalue weighted by molar-refractivity contribution is 0.0952. The Morgan fingerprint density at radius 3 is 3.06 bits per heavy atom. The van der Waals surface area contributed by atoms with Gasteiger partial charge in [-0.1, -0.05) is 12.5 Å². The van der Waals surface area contributed by atoms with Crippen LogP contribution in [-0.2, 0) is 0 Å². The molecular formula is C14H19NO2S. The summed E-state index contributed by atoms with van der Waals surface area (Å²) in [5, 5.41) is 13.1. The first-order chi connectivity index (χ1) is 8.68. The van der Waals surface area contributed by atoms with E-state index in [2.05, 4.69) is 5.32 Å². The lowest BCUT2D eigenvalue weighted by Crippen LogP contribution is -2.32. The van der Waals surface area contributed by atoms with Crippen LogP contribution in [0.4, 0.5) is 0 Å². The average molecular weight is 265 g/mol. The van der Waals surface area contributed by atoms with Crippen molar-refractivity contribution in [1.82, 2.24) is 5.32 Å². The fraction of sp³-hybridized carbons (Fsp3) is 0.500. The second-order valence-corrected chi connectivity index (χ2v) is 6.06. The number of nitrogens with one attached hydrogen (secondary N) is 1. The predicted octanol–water partition coefficient (Wildman–Crippen LogP) is 2.72. The summed E-state index contributed by atoms with van der Waals surface area (Å²) < 4.78 is 0. The maximum atomic E-state index is 12.0. The molecule has 1 atom stereocenters. The summed E-state index contributed by atoms with van der Waals surface area (Å²) in [5.41, 5.74) is 1.21. The topological polar surface area (TPSA) is 49.3 Å². The molecule has 1 amide bonds. The highest BCUT2D eigenvalue weighted by Crippen LogP contribution is 2.24. The summed E-state index contributed by atoms with van der Waals surface area (Å²) in [6.07, 6.45) is 3.74. The van der Waals surface area contributed by atoms with Crippen molar-refractivity contribution in [1.29, 1.82) is 0 Å². The molecule has 1 aliphatic heterocycles. The van der Waals surface area contributed by atoms with Crippen LogP contribution in [0.5, 0.6) is 5.75 Å². The van der Waals surface area contributed by atoms with E-state index in [1.165, 1.54) is 25.0 Å². The number of hydrogen-bond acceptors (Lipinski definition) is 3. The molecule has 1 saturated heterocycles. The van der Waals surface area contributed by atoms with E-state index < -0.39 is 0 Å². The van der Waals surface area contributed by atoms with Crippen molar-refractivity contribution in [3.63, 3.8) is 0 Å². The number of aromatic hydroxyl groups is 1. The molecule has 0 aromatic heterocycles. The Morgan fingerprint density at radius 2 is 2.33 bits per heavy atom. The highest BCUT2D eigenvalue weighted by Gasteiger charge is 2.16. The van der Waals surface area contributed by atoms with Crippen molar-refractivity contribution < 1.29 is 9.90 Å². The van der Waals surface area contributed by atoms with Crippen LogP contribution in [0.25, 0.3) is 0 Å². The van der Waals surface area contributed by atoms with Gasteiger partial charge in [0.25, 0.3) is 5.91 Å². The minimum atomic E-state index is -0.0884. The number of benzene rings is 1. The van der Waals surface area contributed by atoms with Gasteiger partial charge in [-0.3, -0.25) is 4.79 Å². The van der Waals surface area contributed by atoms with E-state index in [-0.39, 0.29) is 11.7 Å². The van der Waals surface area contributed by atoms with Crippen LogP contribution >= 0.6 is 11.8 Å². The van der Waals surface area contributed by atoms with Crippen molar-refractivity contribution >= 4 is 17.7 Å². The van der Waals surface area contributed by atoms with Gasteiger partial charge in [-0.15, -0.1) is 0 Å². The standard InChI is InChI=1S/C14H19NO2S/c1-10-12(6-4-7-13(10)16)14(17)15-9-11-5-2-3-8-18-11/h4,6-7,11,16H,2-3,5,8-9H2,1H3,(H,15,17). The Labute approximate surface area is 112 Å². The number of carbonyl (C=O) groups excluding carboxylic acids is 1. The first-order valence-electron chi connectivity index (χ1n) is 6.37. The predicted molar refractivity (Wildman–Crippen MR) is 75.3 cm³/mol. The van der Waals surface area contributed by atoms with Crippen LogP contribution in [0.15, 0.2) is 18.2 Å². The van der Waals surface area contributed by atoms with Crippen LogP contribution in [0.2, 0.25) is 0 Å². The van der Waals surface area contributed by atoms with E-state index in [0.717, 1.165) is 6.54 Å². The monoisotopic (exact) mass is 265 g/mol. The van der Waals surface area contributed by atoms with Crippen LogP contribution in [0.1, 0.15) is 35.2 Å². The van der Waals surface area contributed by atoms with Gasteiger partial charge < -0.3 is 10.4 Å². The first kappa shape index (κ1) is 13.3. The first-order valence-corrected chi connectivity index (χ1v) is 7.41. The molecule has 0 bridgehead atoms. The van der Waals surface area contributed by atoms with Crippen LogP contribution in [-0.4, -0.2) is 28.6 Å². The van der Waals surface area contributed by atoms with Gasteiger partial charge in [0.05, 0.1) is 0 Å². The number of phenols is 1. The minimum Gasteiger partial charge on any atom is -0.508 e. The Morgan fingerprint density at radius 1 is 1.50 bits per heavy atom. The maximum Gasteiger partial charge on any atom is 0.251 e. The van der Waals surface area contributed by atoms with Crippen LogP contribution < -0.4 is 5.32 Å². The lowest BCUT2D eigenvalue weighted by Gasteiger charge is -2.21. The van der Waals surface area contributed by atoms with E-state index in [9.17, 15) is 9.90 Å². The van der Waals surface area contributed by atoms with Gasteiger partial charge in [0.15, 0.2) is 0 Å². The third-order valence-corrected chi connectivity index (χ3v) is 4.71. The fourth-order valence-corrected chi connectivity index (χ4v) is 3.38. The summed E-state index contributed by atoms with van der Waals surface area (Å²) in [4.78, 5) is 12.0. The molecule has 0 aliphatic carbocycles. The van der Waals surface area contributed by atoms with E-state index in [1.54, 1.807) is 25.1 Å².